The highest BCUT2D eigenvalue weighted by Gasteiger charge is 2.32. The first-order valence-electron chi connectivity index (χ1n) is 10.5. The largest absolute Gasteiger partial charge is 0.419 e. The van der Waals surface area contributed by atoms with E-state index in [0.717, 1.165) is 18.0 Å². The monoisotopic (exact) mass is 452 g/mol. The zero-order valence-corrected chi connectivity index (χ0v) is 17.9. The fraction of sp³-hybridized carbons (Fsp3) is 0.500. The molecule has 2 heterocycles. The van der Waals surface area contributed by atoms with Crippen molar-refractivity contribution in [3.8, 4) is 0 Å². The van der Waals surface area contributed by atoms with Gasteiger partial charge in [-0.25, -0.2) is 9.97 Å². The van der Waals surface area contributed by atoms with E-state index >= 15 is 0 Å². The van der Waals surface area contributed by atoms with Gasteiger partial charge in [0.25, 0.3) is 0 Å². The van der Waals surface area contributed by atoms with Gasteiger partial charge in [0.1, 0.15) is 0 Å². The maximum Gasteiger partial charge on any atom is 0.419 e. The van der Waals surface area contributed by atoms with Crippen molar-refractivity contribution in [1.29, 1.82) is 0 Å². The van der Waals surface area contributed by atoms with Crippen LogP contribution in [0.4, 0.5) is 19.1 Å². The molecule has 3 rings (SSSR count). The number of aromatic nitrogens is 2. The molecule has 7 nitrogen and oxygen atoms in total. The molecule has 0 spiro atoms. The van der Waals surface area contributed by atoms with Gasteiger partial charge >= 0.3 is 6.18 Å². The van der Waals surface area contributed by atoms with Gasteiger partial charge in [-0.3, -0.25) is 4.79 Å². The maximum absolute atomic E-state index is 12.6. The van der Waals surface area contributed by atoms with Crippen LogP contribution in [0.2, 0.25) is 0 Å². The second kappa shape index (κ2) is 11.2. The van der Waals surface area contributed by atoms with E-state index in [1.807, 2.05) is 37.3 Å². The topological polar surface area (TPSA) is 67.8 Å². The van der Waals surface area contributed by atoms with Crippen molar-refractivity contribution in [3.05, 3.63) is 53.9 Å². The predicted octanol–water partition coefficient (Wildman–Crippen LogP) is 3.16. The minimum Gasteiger partial charge on any atom is -0.378 e. The van der Waals surface area contributed by atoms with Crippen LogP contribution < -0.4 is 4.90 Å². The van der Waals surface area contributed by atoms with Crippen LogP contribution in [0, 0.1) is 0 Å². The number of alkyl halides is 3. The average molecular weight is 452 g/mol. The van der Waals surface area contributed by atoms with E-state index in [-0.39, 0.29) is 24.4 Å². The van der Waals surface area contributed by atoms with Gasteiger partial charge in [0, 0.05) is 38.6 Å². The molecule has 10 heteroatoms. The fourth-order valence-corrected chi connectivity index (χ4v) is 3.21. The first-order valence-corrected chi connectivity index (χ1v) is 10.5. The van der Waals surface area contributed by atoms with Crippen molar-refractivity contribution in [2.45, 2.75) is 32.2 Å². The van der Waals surface area contributed by atoms with Gasteiger partial charge in [0.05, 0.1) is 37.9 Å². The summed E-state index contributed by atoms with van der Waals surface area (Å²) in [5, 5.41) is 0. The van der Waals surface area contributed by atoms with E-state index in [2.05, 4.69) is 9.97 Å². The summed E-state index contributed by atoms with van der Waals surface area (Å²) in [7, 11) is 0. The molecule has 0 N–H and O–H groups in total. The third kappa shape index (κ3) is 7.16. The van der Waals surface area contributed by atoms with Crippen molar-refractivity contribution < 1.29 is 27.4 Å². The number of carbonyl (C=O) groups excluding carboxylic acids is 1. The van der Waals surface area contributed by atoms with Crippen molar-refractivity contribution in [1.82, 2.24) is 14.9 Å². The van der Waals surface area contributed by atoms with Gasteiger partial charge in [-0.05, 0) is 12.5 Å². The summed E-state index contributed by atoms with van der Waals surface area (Å²) in [6, 6.07) is 9.87. The highest BCUT2D eigenvalue weighted by molar-refractivity contribution is 5.76. The molecule has 1 unspecified atom stereocenters. The van der Waals surface area contributed by atoms with Gasteiger partial charge in [-0.2, -0.15) is 13.2 Å². The van der Waals surface area contributed by atoms with Crippen molar-refractivity contribution in [3.63, 3.8) is 0 Å². The molecule has 0 bridgehead atoms. The Hall–Kier alpha value is -2.72. The molecule has 1 aliphatic heterocycles. The van der Waals surface area contributed by atoms with Crippen LogP contribution in [0.15, 0.2) is 42.7 Å². The summed E-state index contributed by atoms with van der Waals surface area (Å²) < 4.78 is 49.2. The Morgan fingerprint density at radius 3 is 2.38 bits per heavy atom. The van der Waals surface area contributed by atoms with Gasteiger partial charge in [0.15, 0.2) is 0 Å². The number of anilines is 1. The maximum atomic E-state index is 12.6. The van der Waals surface area contributed by atoms with Crippen LogP contribution in [-0.2, 0) is 27.1 Å². The second-order valence-corrected chi connectivity index (χ2v) is 7.57. The average Bonchev–Trinajstić information content (AvgIpc) is 2.80. The summed E-state index contributed by atoms with van der Waals surface area (Å²) in [4.78, 5) is 23.5. The lowest BCUT2D eigenvalue weighted by Gasteiger charge is -2.34. The summed E-state index contributed by atoms with van der Waals surface area (Å²) in [6.45, 7) is 4.98. The SMILES string of the molecule is CC(COCCC(=O)N1CCN(c2ncc(C(F)(F)F)cn2)CC1)OCc1ccccc1. The predicted molar refractivity (Wildman–Crippen MR) is 112 cm³/mol. The standard InChI is InChI=1S/C22H27F3N4O3/c1-17(32-16-18-5-3-2-4-6-18)15-31-12-7-20(30)28-8-10-29(11-9-28)21-26-13-19(14-27-21)22(23,24)25/h2-6,13-14,17H,7-12,15-16H2,1H3. The molecule has 174 valence electrons. The molecule has 1 amide bonds. The molecule has 0 saturated carbocycles. The van der Waals surface area contributed by atoms with Gasteiger partial charge in [-0.15, -0.1) is 0 Å². The number of piperazine rings is 1. The number of carbonyl (C=O) groups is 1. The van der Waals surface area contributed by atoms with E-state index in [1.165, 1.54) is 0 Å². The Labute approximate surface area is 185 Å². The third-order valence-electron chi connectivity index (χ3n) is 5.07. The van der Waals surface area contributed by atoms with Crippen LogP contribution >= 0.6 is 0 Å². The molecular formula is C22H27F3N4O3. The molecular weight excluding hydrogens is 425 g/mol. The summed E-state index contributed by atoms with van der Waals surface area (Å²) >= 11 is 0. The van der Waals surface area contributed by atoms with E-state index in [0.29, 0.717) is 46.0 Å². The van der Waals surface area contributed by atoms with Gasteiger partial charge in [0.2, 0.25) is 11.9 Å². The van der Waals surface area contributed by atoms with Crippen LogP contribution in [-0.4, -0.2) is 66.3 Å². The summed E-state index contributed by atoms with van der Waals surface area (Å²) in [6.07, 6.45) is -2.72. The Morgan fingerprint density at radius 2 is 1.75 bits per heavy atom. The van der Waals surface area contributed by atoms with Crippen molar-refractivity contribution in [2.24, 2.45) is 0 Å². The first-order chi connectivity index (χ1) is 15.3. The summed E-state index contributed by atoms with van der Waals surface area (Å²) in [5.74, 6) is 0.216. The van der Waals surface area contributed by atoms with Crippen molar-refractivity contribution >= 4 is 11.9 Å². The Balaban J connectivity index is 1.31. The van der Waals surface area contributed by atoms with E-state index in [4.69, 9.17) is 9.47 Å². The van der Waals surface area contributed by atoms with Crippen LogP contribution in [0.25, 0.3) is 0 Å². The number of amides is 1. The molecule has 0 aliphatic carbocycles. The molecule has 1 atom stereocenters. The van der Waals surface area contributed by atoms with E-state index in [1.54, 1.807) is 9.80 Å². The van der Waals surface area contributed by atoms with Crippen LogP contribution in [0.1, 0.15) is 24.5 Å². The van der Waals surface area contributed by atoms with Crippen LogP contribution in [0.3, 0.4) is 0 Å². The smallest absolute Gasteiger partial charge is 0.378 e. The first kappa shape index (κ1) is 23.9. The molecule has 1 saturated heterocycles. The molecule has 1 fully saturated rings. The Morgan fingerprint density at radius 1 is 1.09 bits per heavy atom. The summed E-state index contributed by atoms with van der Waals surface area (Å²) in [5.41, 5.74) is 0.213. The normalized spacial score (nSPS) is 15.6. The highest BCUT2D eigenvalue weighted by Crippen LogP contribution is 2.28. The minimum atomic E-state index is -4.46. The molecule has 1 aromatic carbocycles. The second-order valence-electron chi connectivity index (χ2n) is 7.57. The lowest BCUT2D eigenvalue weighted by molar-refractivity contribution is -0.138. The van der Waals surface area contributed by atoms with Gasteiger partial charge in [-0.1, -0.05) is 30.3 Å². The molecule has 1 aliphatic rings. The minimum absolute atomic E-state index is 0.0177. The van der Waals surface area contributed by atoms with Crippen LogP contribution in [0.5, 0.6) is 0 Å². The highest BCUT2D eigenvalue weighted by atomic mass is 19.4. The van der Waals surface area contributed by atoms with Gasteiger partial charge < -0.3 is 19.3 Å². The molecule has 32 heavy (non-hydrogen) atoms. The lowest BCUT2D eigenvalue weighted by Crippen LogP contribution is -2.49. The van der Waals surface area contributed by atoms with E-state index in [9.17, 15) is 18.0 Å². The Kier molecular flexibility index (Phi) is 8.40. The van der Waals surface area contributed by atoms with Crippen molar-refractivity contribution in [2.75, 3.05) is 44.3 Å². The number of benzene rings is 1. The molecule has 1 aromatic heterocycles. The zero-order valence-electron chi connectivity index (χ0n) is 17.9. The fourth-order valence-electron chi connectivity index (χ4n) is 3.21. The number of ether oxygens (including phenoxy) is 2. The third-order valence-corrected chi connectivity index (χ3v) is 5.07. The number of hydrogen-bond donors (Lipinski definition) is 0. The number of halogens is 3. The molecule has 2 aromatic rings. The quantitative estimate of drug-likeness (QED) is 0.545. The zero-order chi connectivity index (χ0) is 23.0. The Bertz CT molecular complexity index is 842. The molecule has 0 radical (unpaired) electrons. The number of nitrogens with zero attached hydrogens (tertiary/aromatic N) is 4. The lowest BCUT2D eigenvalue weighted by atomic mass is 10.2. The number of rotatable bonds is 9. The number of hydrogen-bond acceptors (Lipinski definition) is 6. The van der Waals surface area contributed by atoms with E-state index < -0.39 is 11.7 Å².